The van der Waals surface area contributed by atoms with Gasteiger partial charge in [0.15, 0.2) is 0 Å². The van der Waals surface area contributed by atoms with Gasteiger partial charge >= 0.3 is 0 Å². The Bertz CT molecular complexity index is 312. The van der Waals surface area contributed by atoms with Gasteiger partial charge in [-0.25, -0.2) is 0 Å². The lowest BCUT2D eigenvalue weighted by molar-refractivity contribution is 0.298. The molecular formula is C15H25NO. The van der Waals surface area contributed by atoms with Crippen LogP contribution in [0.5, 0.6) is 5.75 Å². The van der Waals surface area contributed by atoms with E-state index in [1.54, 1.807) is 0 Å². The minimum atomic E-state index is 0.594. The van der Waals surface area contributed by atoms with Crippen LogP contribution in [0.3, 0.4) is 0 Å². The van der Waals surface area contributed by atoms with Gasteiger partial charge in [0.25, 0.3) is 0 Å². The number of benzene rings is 1. The Hall–Kier alpha value is -1.02. The summed E-state index contributed by atoms with van der Waals surface area (Å²) in [5.41, 5.74) is 1.25. The molecular weight excluding hydrogens is 210 g/mol. The van der Waals surface area contributed by atoms with E-state index in [1.807, 2.05) is 12.1 Å². The summed E-state index contributed by atoms with van der Waals surface area (Å²) >= 11 is 0. The second kappa shape index (κ2) is 8.13. The van der Waals surface area contributed by atoms with Crippen molar-refractivity contribution in [3.05, 3.63) is 29.8 Å². The third-order valence-electron chi connectivity index (χ3n) is 2.78. The van der Waals surface area contributed by atoms with Gasteiger partial charge in [0, 0.05) is 6.04 Å². The molecule has 0 saturated heterocycles. The van der Waals surface area contributed by atoms with Crippen molar-refractivity contribution in [1.29, 1.82) is 0 Å². The molecule has 1 aromatic carbocycles. The number of rotatable bonds is 8. The van der Waals surface area contributed by atoms with Crippen molar-refractivity contribution in [2.24, 2.45) is 0 Å². The minimum absolute atomic E-state index is 0.594. The summed E-state index contributed by atoms with van der Waals surface area (Å²) in [6, 6.07) is 8.82. The Balaban J connectivity index is 2.11. The molecule has 0 bridgehead atoms. The van der Waals surface area contributed by atoms with Crippen LogP contribution in [0.25, 0.3) is 0 Å². The lowest BCUT2D eigenvalue weighted by Crippen LogP contribution is -2.26. The summed E-state index contributed by atoms with van der Waals surface area (Å²) in [7, 11) is 0. The first-order valence-corrected chi connectivity index (χ1v) is 6.65. The zero-order valence-electron chi connectivity index (χ0n) is 11.3. The topological polar surface area (TPSA) is 21.3 Å². The summed E-state index contributed by atoms with van der Waals surface area (Å²) in [5.74, 6) is 0.985. The molecule has 0 aliphatic heterocycles. The van der Waals surface area contributed by atoms with E-state index in [4.69, 9.17) is 4.74 Å². The highest BCUT2D eigenvalue weighted by atomic mass is 16.5. The van der Waals surface area contributed by atoms with Crippen molar-refractivity contribution in [2.75, 3.05) is 13.2 Å². The van der Waals surface area contributed by atoms with E-state index < -0.39 is 0 Å². The zero-order chi connectivity index (χ0) is 12.5. The molecule has 0 fully saturated rings. The van der Waals surface area contributed by atoms with Gasteiger partial charge in [-0.2, -0.15) is 0 Å². The van der Waals surface area contributed by atoms with Crippen LogP contribution in [0.4, 0.5) is 0 Å². The fourth-order valence-corrected chi connectivity index (χ4v) is 1.78. The van der Waals surface area contributed by atoms with Crippen LogP contribution in [0.2, 0.25) is 0 Å². The molecule has 1 N–H and O–H groups in total. The number of hydrogen-bond acceptors (Lipinski definition) is 2. The van der Waals surface area contributed by atoms with E-state index in [0.717, 1.165) is 25.3 Å². The van der Waals surface area contributed by atoms with Gasteiger partial charge in [-0.15, -0.1) is 0 Å². The normalized spacial score (nSPS) is 12.4. The monoisotopic (exact) mass is 235 g/mol. The highest BCUT2D eigenvalue weighted by Gasteiger charge is 2.00. The smallest absolute Gasteiger partial charge is 0.119 e. The van der Waals surface area contributed by atoms with Crippen LogP contribution in [0.1, 0.15) is 38.7 Å². The predicted molar refractivity (Wildman–Crippen MR) is 73.7 cm³/mol. The summed E-state index contributed by atoms with van der Waals surface area (Å²) in [4.78, 5) is 0. The van der Waals surface area contributed by atoms with E-state index in [9.17, 15) is 0 Å². The van der Waals surface area contributed by atoms with E-state index in [0.29, 0.717) is 6.04 Å². The van der Waals surface area contributed by atoms with Gasteiger partial charge in [0.2, 0.25) is 0 Å². The second-order valence-corrected chi connectivity index (χ2v) is 4.66. The Labute approximate surface area is 105 Å². The highest BCUT2D eigenvalue weighted by Crippen LogP contribution is 2.12. The number of aryl methyl sites for hydroxylation is 1. The predicted octanol–water partition coefficient (Wildman–Crippen LogP) is 3.54. The molecule has 17 heavy (non-hydrogen) atoms. The van der Waals surface area contributed by atoms with Crippen molar-refractivity contribution >= 4 is 0 Å². The maximum absolute atomic E-state index is 5.71. The van der Waals surface area contributed by atoms with Crippen molar-refractivity contribution < 1.29 is 4.74 Å². The van der Waals surface area contributed by atoms with Crippen LogP contribution >= 0.6 is 0 Å². The maximum atomic E-state index is 5.71. The lowest BCUT2D eigenvalue weighted by atomic mass is 10.2. The maximum Gasteiger partial charge on any atom is 0.119 e. The van der Waals surface area contributed by atoms with Gasteiger partial charge in [0.1, 0.15) is 5.75 Å². The van der Waals surface area contributed by atoms with Crippen LogP contribution in [0, 0.1) is 6.92 Å². The van der Waals surface area contributed by atoms with E-state index in [2.05, 4.69) is 38.2 Å². The molecule has 0 aromatic heterocycles. The third-order valence-corrected chi connectivity index (χ3v) is 2.78. The molecule has 0 heterocycles. The highest BCUT2D eigenvalue weighted by molar-refractivity contribution is 5.27. The summed E-state index contributed by atoms with van der Waals surface area (Å²) in [5, 5.41) is 3.48. The van der Waals surface area contributed by atoms with E-state index in [1.165, 1.54) is 18.4 Å². The molecule has 0 aliphatic carbocycles. The quantitative estimate of drug-likeness (QED) is 0.696. The van der Waals surface area contributed by atoms with Crippen molar-refractivity contribution in [1.82, 2.24) is 5.32 Å². The summed E-state index contributed by atoms with van der Waals surface area (Å²) in [6.07, 6.45) is 3.47. The molecule has 0 aliphatic rings. The Kier molecular flexibility index (Phi) is 6.71. The van der Waals surface area contributed by atoms with Gasteiger partial charge in [0.05, 0.1) is 6.61 Å². The molecule has 0 amide bonds. The minimum Gasteiger partial charge on any atom is -0.494 e. The number of nitrogens with one attached hydrogen (secondary N) is 1. The SMILES string of the molecule is CCCNC(C)CCCOc1cccc(C)c1. The Morgan fingerprint density at radius 3 is 2.88 bits per heavy atom. The first-order chi connectivity index (χ1) is 8.22. The number of ether oxygens (including phenoxy) is 1. The average Bonchev–Trinajstić information content (AvgIpc) is 2.32. The van der Waals surface area contributed by atoms with Crippen LogP contribution in [0.15, 0.2) is 24.3 Å². The van der Waals surface area contributed by atoms with Crippen LogP contribution in [-0.2, 0) is 0 Å². The fourth-order valence-electron chi connectivity index (χ4n) is 1.78. The zero-order valence-corrected chi connectivity index (χ0v) is 11.3. The van der Waals surface area contributed by atoms with Crippen LogP contribution in [-0.4, -0.2) is 19.2 Å². The molecule has 1 rings (SSSR count). The molecule has 0 saturated carbocycles. The van der Waals surface area contributed by atoms with Crippen molar-refractivity contribution in [3.63, 3.8) is 0 Å². The standard InChI is InChI=1S/C15H25NO/c1-4-10-16-14(3)8-6-11-17-15-9-5-7-13(2)12-15/h5,7,9,12,14,16H,4,6,8,10-11H2,1-3H3. The fraction of sp³-hybridized carbons (Fsp3) is 0.600. The van der Waals surface area contributed by atoms with Crippen LogP contribution < -0.4 is 10.1 Å². The molecule has 96 valence electrons. The molecule has 2 nitrogen and oxygen atoms in total. The second-order valence-electron chi connectivity index (χ2n) is 4.66. The largest absolute Gasteiger partial charge is 0.494 e. The third kappa shape index (κ3) is 6.32. The Morgan fingerprint density at radius 1 is 1.35 bits per heavy atom. The van der Waals surface area contributed by atoms with Crippen molar-refractivity contribution in [2.45, 2.75) is 46.1 Å². The molecule has 0 radical (unpaired) electrons. The number of hydrogen-bond donors (Lipinski definition) is 1. The van der Waals surface area contributed by atoms with Gasteiger partial charge in [-0.05, 0) is 57.4 Å². The van der Waals surface area contributed by atoms with E-state index >= 15 is 0 Å². The molecule has 0 spiro atoms. The summed E-state index contributed by atoms with van der Waals surface area (Å²) < 4.78 is 5.71. The Morgan fingerprint density at radius 2 is 2.18 bits per heavy atom. The van der Waals surface area contributed by atoms with Gasteiger partial charge < -0.3 is 10.1 Å². The summed E-state index contributed by atoms with van der Waals surface area (Å²) in [6.45, 7) is 8.44. The lowest BCUT2D eigenvalue weighted by Gasteiger charge is -2.13. The first-order valence-electron chi connectivity index (χ1n) is 6.65. The molecule has 1 atom stereocenters. The molecule has 2 heteroatoms. The molecule has 1 aromatic rings. The van der Waals surface area contributed by atoms with Crippen molar-refractivity contribution in [3.8, 4) is 5.75 Å². The van der Waals surface area contributed by atoms with E-state index in [-0.39, 0.29) is 0 Å². The molecule has 1 unspecified atom stereocenters. The van der Waals surface area contributed by atoms with Gasteiger partial charge in [-0.1, -0.05) is 19.1 Å². The van der Waals surface area contributed by atoms with Gasteiger partial charge in [-0.3, -0.25) is 0 Å². The first kappa shape index (κ1) is 14.0. The average molecular weight is 235 g/mol.